The van der Waals surface area contributed by atoms with Crippen molar-refractivity contribution in [2.45, 2.75) is 13.8 Å². The highest BCUT2D eigenvalue weighted by atomic mass is 14.4. The van der Waals surface area contributed by atoms with Crippen molar-refractivity contribution in [3.8, 4) is 0 Å². The molecule has 0 saturated carbocycles. The maximum absolute atomic E-state index is 7.43. The molecule has 0 bridgehead atoms. The lowest BCUT2D eigenvalue weighted by molar-refractivity contribution is 0.938. The van der Waals surface area contributed by atoms with E-state index in [1.165, 1.54) is 0 Å². The van der Waals surface area contributed by atoms with Crippen LogP contribution >= 0.6 is 0 Å². The first-order chi connectivity index (χ1) is 5.20. The molecule has 11 heavy (non-hydrogen) atoms. The number of allylic oxidation sites excluding steroid dienone is 6. The van der Waals surface area contributed by atoms with Gasteiger partial charge in [0.2, 0.25) is 0 Å². The van der Waals surface area contributed by atoms with Gasteiger partial charge >= 0.3 is 0 Å². The molecule has 0 aromatic rings. The minimum atomic E-state index is 0.445. The maximum Gasteiger partial charge on any atom is 0.0352 e. The van der Waals surface area contributed by atoms with Gasteiger partial charge in [0.25, 0.3) is 0 Å². The monoisotopic (exact) mass is 147 g/mol. The van der Waals surface area contributed by atoms with Gasteiger partial charge in [0.05, 0.1) is 0 Å². The molecule has 0 fully saturated rings. The largest absolute Gasteiger partial charge is 0.305 e. The summed E-state index contributed by atoms with van der Waals surface area (Å²) in [4.78, 5) is 0. The van der Waals surface area contributed by atoms with E-state index in [4.69, 9.17) is 5.41 Å². The van der Waals surface area contributed by atoms with Gasteiger partial charge in [-0.15, -0.1) is 0 Å². The molecule has 0 aromatic heterocycles. The average molecular weight is 147 g/mol. The molecule has 0 saturated heterocycles. The second-order valence-corrected chi connectivity index (χ2v) is 2.85. The molecule has 1 nitrogen and oxygen atoms in total. The Kier molecular flexibility index (Phi) is 2.42. The molecule has 1 unspecified atom stereocenters. The molecule has 1 N–H and O–H groups in total. The molecule has 1 atom stereocenters. The lowest BCUT2D eigenvalue weighted by Crippen LogP contribution is -1.93. The van der Waals surface area contributed by atoms with Crippen molar-refractivity contribution in [3.05, 3.63) is 36.0 Å². The van der Waals surface area contributed by atoms with Gasteiger partial charge in [0, 0.05) is 5.71 Å². The molecule has 0 aromatic carbocycles. The number of hydrogen-bond donors (Lipinski definition) is 1. The summed E-state index contributed by atoms with van der Waals surface area (Å²) < 4.78 is 0. The van der Waals surface area contributed by atoms with Crippen LogP contribution in [0, 0.1) is 11.3 Å². The van der Waals surface area contributed by atoms with E-state index in [2.05, 4.69) is 19.1 Å². The van der Waals surface area contributed by atoms with Crippen molar-refractivity contribution >= 4 is 5.71 Å². The minimum absolute atomic E-state index is 0.445. The number of nitrogens with one attached hydrogen (secondary N) is 1. The highest BCUT2D eigenvalue weighted by molar-refractivity contribution is 5.98. The lowest BCUT2D eigenvalue weighted by Gasteiger charge is -2.00. The van der Waals surface area contributed by atoms with E-state index in [0.717, 1.165) is 5.57 Å². The van der Waals surface area contributed by atoms with Gasteiger partial charge in [0.15, 0.2) is 0 Å². The fourth-order valence-corrected chi connectivity index (χ4v) is 1.04. The zero-order chi connectivity index (χ0) is 8.27. The topological polar surface area (TPSA) is 23.9 Å². The smallest absolute Gasteiger partial charge is 0.0352 e. The molecule has 1 aliphatic rings. The van der Waals surface area contributed by atoms with E-state index >= 15 is 0 Å². The summed E-state index contributed by atoms with van der Waals surface area (Å²) in [6.45, 7) is 3.93. The SMILES string of the molecule is CC(=N)C1=CC(C)C=CC=C1. The van der Waals surface area contributed by atoms with Crippen LogP contribution in [0.1, 0.15) is 13.8 Å². The summed E-state index contributed by atoms with van der Waals surface area (Å²) >= 11 is 0. The van der Waals surface area contributed by atoms with Crippen LogP contribution in [0.15, 0.2) is 36.0 Å². The predicted molar refractivity (Wildman–Crippen MR) is 48.9 cm³/mol. The fourth-order valence-electron chi connectivity index (χ4n) is 1.04. The Labute approximate surface area is 67.6 Å². The first-order valence-corrected chi connectivity index (χ1v) is 3.82. The first kappa shape index (κ1) is 7.99. The molecule has 58 valence electrons. The van der Waals surface area contributed by atoms with Crippen molar-refractivity contribution in [3.63, 3.8) is 0 Å². The first-order valence-electron chi connectivity index (χ1n) is 3.82. The molecule has 0 spiro atoms. The van der Waals surface area contributed by atoms with Crippen LogP contribution in [0.3, 0.4) is 0 Å². The summed E-state index contributed by atoms with van der Waals surface area (Å²) in [6, 6.07) is 0. The van der Waals surface area contributed by atoms with E-state index in [-0.39, 0.29) is 0 Å². The van der Waals surface area contributed by atoms with Crippen LogP contribution in [0.5, 0.6) is 0 Å². The Balaban J connectivity index is 2.88. The number of rotatable bonds is 1. The molecule has 1 rings (SSSR count). The van der Waals surface area contributed by atoms with Crippen molar-refractivity contribution in [1.82, 2.24) is 0 Å². The van der Waals surface area contributed by atoms with Crippen LogP contribution in [-0.2, 0) is 0 Å². The van der Waals surface area contributed by atoms with Gasteiger partial charge in [-0.3, -0.25) is 0 Å². The van der Waals surface area contributed by atoms with E-state index < -0.39 is 0 Å². The van der Waals surface area contributed by atoms with Gasteiger partial charge in [0.1, 0.15) is 0 Å². The fraction of sp³-hybridized carbons (Fsp3) is 0.300. The Bertz CT molecular complexity index is 244. The van der Waals surface area contributed by atoms with Crippen LogP contribution < -0.4 is 0 Å². The van der Waals surface area contributed by atoms with Crippen molar-refractivity contribution in [1.29, 1.82) is 5.41 Å². The Morgan fingerprint density at radius 3 is 2.82 bits per heavy atom. The summed E-state index contributed by atoms with van der Waals surface area (Å²) in [5.74, 6) is 0.445. The number of hydrogen-bond acceptors (Lipinski definition) is 1. The third-order valence-corrected chi connectivity index (χ3v) is 1.68. The van der Waals surface area contributed by atoms with Crippen LogP contribution in [0.2, 0.25) is 0 Å². The molecular formula is C10H13N. The quantitative estimate of drug-likeness (QED) is 0.551. The molecule has 0 radical (unpaired) electrons. The molecule has 1 aliphatic carbocycles. The van der Waals surface area contributed by atoms with Crippen molar-refractivity contribution in [2.24, 2.45) is 5.92 Å². The summed E-state index contributed by atoms with van der Waals surface area (Å²) in [5, 5.41) is 7.43. The standard InChI is InChI=1S/C10H13N/c1-8-5-3-4-6-10(7-8)9(2)11/h3-8,11H,1-2H3. The van der Waals surface area contributed by atoms with Gasteiger partial charge in [-0.05, 0) is 18.4 Å². The molecular weight excluding hydrogens is 134 g/mol. The molecule has 0 heterocycles. The van der Waals surface area contributed by atoms with E-state index in [1.807, 2.05) is 25.2 Å². The normalized spacial score (nSPS) is 22.7. The van der Waals surface area contributed by atoms with Crippen molar-refractivity contribution in [2.75, 3.05) is 0 Å². The predicted octanol–water partition coefficient (Wildman–Crippen LogP) is 2.71. The second-order valence-electron chi connectivity index (χ2n) is 2.85. The molecule has 0 aliphatic heterocycles. The van der Waals surface area contributed by atoms with Crippen molar-refractivity contribution < 1.29 is 0 Å². The Hall–Kier alpha value is -1.11. The van der Waals surface area contributed by atoms with Crippen LogP contribution in [-0.4, -0.2) is 5.71 Å². The third-order valence-electron chi connectivity index (χ3n) is 1.68. The van der Waals surface area contributed by atoms with Gasteiger partial charge in [-0.1, -0.05) is 37.3 Å². The zero-order valence-electron chi connectivity index (χ0n) is 6.96. The molecule has 1 heteroatoms. The Morgan fingerprint density at radius 2 is 2.18 bits per heavy atom. The van der Waals surface area contributed by atoms with E-state index in [9.17, 15) is 0 Å². The third kappa shape index (κ3) is 2.19. The van der Waals surface area contributed by atoms with E-state index in [0.29, 0.717) is 11.6 Å². The summed E-state index contributed by atoms with van der Waals surface area (Å²) in [6.07, 6.45) is 10.2. The van der Waals surface area contributed by atoms with Gasteiger partial charge in [-0.2, -0.15) is 0 Å². The summed E-state index contributed by atoms with van der Waals surface area (Å²) in [5.41, 5.74) is 1.67. The zero-order valence-corrected chi connectivity index (χ0v) is 6.96. The highest BCUT2D eigenvalue weighted by Crippen LogP contribution is 2.11. The average Bonchev–Trinajstić information content (AvgIpc) is 2.13. The highest BCUT2D eigenvalue weighted by Gasteiger charge is 1.99. The van der Waals surface area contributed by atoms with Gasteiger partial charge in [-0.25, -0.2) is 0 Å². The second kappa shape index (κ2) is 3.33. The molecule has 0 amide bonds. The van der Waals surface area contributed by atoms with Gasteiger partial charge < -0.3 is 5.41 Å². The maximum atomic E-state index is 7.43. The summed E-state index contributed by atoms with van der Waals surface area (Å²) in [7, 11) is 0. The lowest BCUT2D eigenvalue weighted by atomic mass is 10.1. The van der Waals surface area contributed by atoms with E-state index in [1.54, 1.807) is 0 Å². The van der Waals surface area contributed by atoms with Crippen LogP contribution in [0.25, 0.3) is 0 Å². The Morgan fingerprint density at radius 1 is 1.45 bits per heavy atom. The van der Waals surface area contributed by atoms with Crippen LogP contribution in [0.4, 0.5) is 0 Å². The minimum Gasteiger partial charge on any atom is -0.305 e.